The van der Waals surface area contributed by atoms with Crippen LogP contribution in [-0.2, 0) is 22.4 Å². The zero-order valence-corrected chi connectivity index (χ0v) is 21.2. The van der Waals surface area contributed by atoms with Crippen LogP contribution >= 0.6 is 23.5 Å². The standard InChI is InChI=1S/C27H26N4O2S2/c1-2-33-27(32)24-22(35-25(30)20(15-29)23(24)17-9-5-3-6-10-17)16-34-26-19(14-28)13-18-11-7-4-8-12-21(18)31-26/h3,5-6,9-10,13,23H,2,4,7-8,11-12,16,30H2,1H3/t23-/m0/s1. The molecule has 2 N–H and O–H groups in total. The number of carbonyl (C=O) groups is 1. The predicted octanol–water partition coefficient (Wildman–Crippen LogP) is 5.36. The number of nitrogens with zero attached hydrogens (tertiary/aromatic N) is 3. The van der Waals surface area contributed by atoms with Crippen molar-refractivity contribution in [2.24, 2.45) is 5.73 Å². The molecule has 1 aromatic carbocycles. The van der Waals surface area contributed by atoms with Crippen LogP contribution < -0.4 is 5.73 Å². The minimum Gasteiger partial charge on any atom is -0.463 e. The van der Waals surface area contributed by atoms with Crippen LogP contribution in [0.3, 0.4) is 0 Å². The summed E-state index contributed by atoms with van der Waals surface area (Å²) in [6.07, 6.45) is 5.25. The highest BCUT2D eigenvalue weighted by atomic mass is 32.2. The first-order valence-electron chi connectivity index (χ1n) is 11.7. The van der Waals surface area contributed by atoms with Crippen molar-refractivity contribution in [3.05, 3.63) is 79.9 Å². The summed E-state index contributed by atoms with van der Waals surface area (Å²) in [5.41, 5.74) is 10.7. The lowest BCUT2D eigenvalue weighted by molar-refractivity contribution is -0.138. The van der Waals surface area contributed by atoms with E-state index in [-0.39, 0.29) is 6.61 Å². The number of benzene rings is 1. The molecule has 0 saturated carbocycles. The molecule has 0 radical (unpaired) electrons. The number of aryl methyl sites for hydroxylation is 2. The molecule has 8 heteroatoms. The number of carbonyl (C=O) groups excluding carboxylic acids is 1. The molecule has 1 aliphatic heterocycles. The molecule has 0 spiro atoms. The number of hydrogen-bond acceptors (Lipinski definition) is 8. The number of pyridine rings is 1. The molecular weight excluding hydrogens is 476 g/mol. The zero-order valence-electron chi connectivity index (χ0n) is 19.5. The Labute approximate surface area is 214 Å². The first kappa shape index (κ1) is 24.9. The van der Waals surface area contributed by atoms with Crippen molar-refractivity contribution in [1.82, 2.24) is 4.98 Å². The highest BCUT2D eigenvalue weighted by molar-refractivity contribution is 8.08. The number of fused-ring (bicyclic) bond motifs is 1. The van der Waals surface area contributed by atoms with E-state index in [1.807, 2.05) is 36.4 Å². The maximum Gasteiger partial charge on any atom is 0.335 e. The van der Waals surface area contributed by atoms with Crippen LogP contribution in [0.4, 0.5) is 0 Å². The summed E-state index contributed by atoms with van der Waals surface area (Å²) in [5, 5.41) is 20.7. The second-order valence-electron chi connectivity index (χ2n) is 8.30. The van der Waals surface area contributed by atoms with Crippen molar-refractivity contribution in [3.63, 3.8) is 0 Å². The molecule has 2 heterocycles. The molecule has 2 aliphatic rings. The third-order valence-electron chi connectivity index (χ3n) is 6.10. The van der Waals surface area contributed by atoms with E-state index >= 15 is 0 Å². The average molecular weight is 503 g/mol. The Kier molecular flexibility index (Phi) is 8.17. The molecule has 0 amide bonds. The highest BCUT2D eigenvalue weighted by Gasteiger charge is 2.36. The molecule has 1 aliphatic carbocycles. The topological polar surface area (TPSA) is 113 Å². The number of esters is 1. The molecular formula is C27H26N4O2S2. The van der Waals surface area contributed by atoms with Crippen LogP contribution in [0.1, 0.15) is 54.5 Å². The molecule has 0 unspecified atom stereocenters. The van der Waals surface area contributed by atoms with Gasteiger partial charge in [0, 0.05) is 16.4 Å². The summed E-state index contributed by atoms with van der Waals surface area (Å²) >= 11 is 2.65. The van der Waals surface area contributed by atoms with Gasteiger partial charge in [0.15, 0.2) is 0 Å². The largest absolute Gasteiger partial charge is 0.463 e. The van der Waals surface area contributed by atoms with Gasteiger partial charge in [-0.2, -0.15) is 10.5 Å². The zero-order chi connectivity index (χ0) is 24.8. The van der Waals surface area contributed by atoms with Crippen LogP contribution in [-0.4, -0.2) is 23.3 Å². The van der Waals surface area contributed by atoms with Crippen molar-refractivity contribution in [2.45, 2.75) is 50.0 Å². The second-order valence-corrected chi connectivity index (χ2v) is 10.4. The lowest BCUT2D eigenvalue weighted by Gasteiger charge is -2.28. The summed E-state index contributed by atoms with van der Waals surface area (Å²) in [6, 6.07) is 15.9. The van der Waals surface area contributed by atoms with Gasteiger partial charge in [-0.1, -0.05) is 60.3 Å². The van der Waals surface area contributed by atoms with Gasteiger partial charge in [-0.05, 0) is 49.8 Å². The monoisotopic (exact) mass is 502 g/mol. The lowest BCUT2D eigenvalue weighted by Crippen LogP contribution is -2.23. The van der Waals surface area contributed by atoms with Crippen LogP contribution in [0.2, 0.25) is 0 Å². The molecule has 178 valence electrons. The quantitative estimate of drug-likeness (QED) is 0.319. The van der Waals surface area contributed by atoms with Crippen LogP contribution in [0, 0.1) is 22.7 Å². The van der Waals surface area contributed by atoms with E-state index in [2.05, 4.69) is 12.1 Å². The van der Waals surface area contributed by atoms with E-state index in [4.69, 9.17) is 15.5 Å². The lowest BCUT2D eigenvalue weighted by atomic mass is 9.84. The summed E-state index contributed by atoms with van der Waals surface area (Å²) in [6.45, 7) is 1.98. The molecule has 0 saturated heterocycles. The third-order valence-corrected chi connectivity index (χ3v) is 8.35. The maximum atomic E-state index is 13.2. The van der Waals surface area contributed by atoms with Crippen molar-refractivity contribution in [2.75, 3.05) is 12.4 Å². The Morgan fingerprint density at radius 3 is 2.69 bits per heavy atom. The van der Waals surface area contributed by atoms with Gasteiger partial charge in [-0.25, -0.2) is 9.78 Å². The number of nitrogens with two attached hydrogens (primary N) is 1. The molecule has 35 heavy (non-hydrogen) atoms. The number of allylic oxidation sites excluding steroid dienone is 1. The minimum absolute atomic E-state index is 0.223. The van der Waals surface area contributed by atoms with Gasteiger partial charge >= 0.3 is 5.97 Å². The van der Waals surface area contributed by atoms with Crippen molar-refractivity contribution < 1.29 is 9.53 Å². The highest BCUT2D eigenvalue weighted by Crippen LogP contribution is 2.47. The van der Waals surface area contributed by atoms with Gasteiger partial charge in [0.1, 0.15) is 11.1 Å². The first-order valence-corrected chi connectivity index (χ1v) is 13.5. The Hall–Kier alpha value is -3.20. The minimum atomic E-state index is -0.604. The number of thioether (sulfide) groups is 2. The van der Waals surface area contributed by atoms with Crippen LogP contribution in [0.15, 0.2) is 62.5 Å². The van der Waals surface area contributed by atoms with E-state index < -0.39 is 11.9 Å². The SMILES string of the molecule is CCOC(=O)C1=C(CSc2nc3c(cc2C#N)CCCCC3)SC(N)=C(C#N)[C@@H]1c1ccccc1. The Morgan fingerprint density at radius 2 is 1.97 bits per heavy atom. The summed E-state index contributed by atoms with van der Waals surface area (Å²) in [5.74, 6) is -0.671. The number of rotatable bonds is 6. The fourth-order valence-corrected chi connectivity index (χ4v) is 6.57. The van der Waals surface area contributed by atoms with Crippen molar-refractivity contribution >= 4 is 29.5 Å². The summed E-state index contributed by atoms with van der Waals surface area (Å²) < 4.78 is 5.42. The third kappa shape index (κ3) is 5.40. The van der Waals surface area contributed by atoms with Gasteiger partial charge in [0.2, 0.25) is 0 Å². The number of hydrogen-bond donors (Lipinski definition) is 1. The smallest absolute Gasteiger partial charge is 0.335 e. The van der Waals surface area contributed by atoms with E-state index in [0.717, 1.165) is 47.4 Å². The van der Waals surface area contributed by atoms with Gasteiger partial charge in [-0.3, -0.25) is 0 Å². The number of nitriles is 2. The van der Waals surface area contributed by atoms with Crippen molar-refractivity contribution in [1.29, 1.82) is 10.5 Å². The second kappa shape index (κ2) is 11.5. The van der Waals surface area contributed by atoms with Gasteiger partial charge in [0.05, 0.1) is 40.3 Å². The fourth-order valence-electron chi connectivity index (χ4n) is 4.45. The van der Waals surface area contributed by atoms with Crippen LogP contribution in [0.25, 0.3) is 0 Å². The summed E-state index contributed by atoms with van der Waals surface area (Å²) in [4.78, 5) is 18.8. The fraction of sp³-hybridized carbons (Fsp3) is 0.333. The number of aromatic nitrogens is 1. The molecule has 0 fully saturated rings. The molecule has 4 rings (SSSR count). The van der Waals surface area contributed by atoms with E-state index in [0.29, 0.717) is 32.5 Å². The summed E-state index contributed by atoms with van der Waals surface area (Å²) in [7, 11) is 0. The van der Waals surface area contributed by atoms with Crippen LogP contribution in [0.5, 0.6) is 0 Å². The average Bonchev–Trinajstić information content (AvgIpc) is 3.11. The van der Waals surface area contributed by atoms with Gasteiger partial charge < -0.3 is 10.5 Å². The van der Waals surface area contributed by atoms with Crippen molar-refractivity contribution in [3.8, 4) is 12.1 Å². The van der Waals surface area contributed by atoms with Gasteiger partial charge in [-0.15, -0.1) is 0 Å². The normalized spacial score (nSPS) is 17.7. The van der Waals surface area contributed by atoms with E-state index in [1.54, 1.807) is 6.92 Å². The first-order chi connectivity index (χ1) is 17.1. The van der Waals surface area contributed by atoms with Gasteiger partial charge in [0.25, 0.3) is 0 Å². The predicted molar refractivity (Wildman–Crippen MR) is 138 cm³/mol. The molecule has 6 nitrogen and oxygen atoms in total. The van der Waals surface area contributed by atoms with E-state index in [1.165, 1.54) is 29.9 Å². The molecule has 0 bridgehead atoms. The Bertz CT molecular complexity index is 1270. The molecule has 1 atom stereocenters. The molecule has 1 aromatic heterocycles. The van der Waals surface area contributed by atoms with E-state index in [9.17, 15) is 15.3 Å². The maximum absolute atomic E-state index is 13.2. The molecule has 2 aromatic rings. The Morgan fingerprint density at radius 1 is 1.20 bits per heavy atom. The Balaban J connectivity index is 1.74. The number of ether oxygens (including phenoxy) is 1.